The summed E-state index contributed by atoms with van der Waals surface area (Å²) >= 11 is 0. The molecule has 0 aromatic rings. The normalized spacial score (nSPS) is 21.1. The topological polar surface area (TPSA) is 591 Å². The van der Waals surface area contributed by atoms with E-state index in [2.05, 4.69) is 0 Å². The predicted molar refractivity (Wildman–Crippen MR) is 186 cm³/mol. The number of carbonyl (C=O) groups excluding carboxylic acids is 5. The molecule has 30 nitrogen and oxygen atoms in total. The maximum Gasteiger partial charge on any atom is 0.151 e. The molecule has 0 fully saturated rings. The molecular formula is C30H60O30. The highest BCUT2D eigenvalue weighted by Crippen LogP contribution is 2.06. The Hall–Kier alpha value is -2.65. The van der Waals surface area contributed by atoms with Crippen molar-refractivity contribution in [2.75, 3.05) is 33.0 Å². The Labute approximate surface area is 338 Å². The van der Waals surface area contributed by atoms with Gasteiger partial charge in [-0.2, -0.15) is 0 Å². The first-order chi connectivity index (χ1) is 27.7. The van der Waals surface area contributed by atoms with Gasteiger partial charge in [0.25, 0.3) is 0 Å². The summed E-state index contributed by atoms with van der Waals surface area (Å²) < 4.78 is 0. The van der Waals surface area contributed by atoms with Gasteiger partial charge in [0.15, 0.2) is 31.4 Å². The highest BCUT2D eigenvalue weighted by molar-refractivity contribution is 5.58. The molecule has 360 valence electrons. The van der Waals surface area contributed by atoms with Crippen molar-refractivity contribution in [3.63, 3.8) is 0 Å². The van der Waals surface area contributed by atoms with E-state index in [4.69, 9.17) is 128 Å². The quantitative estimate of drug-likeness (QED) is 0.0378. The van der Waals surface area contributed by atoms with Crippen LogP contribution in [0.2, 0.25) is 0 Å². The Morgan fingerprint density at radius 1 is 0.217 bits per heavy atom. The lowest BCUT2D eigenvalue weighted by Crippen LogP contribution is -2.46. The Kier molecular flexibility index (Phi) is 42.1. The fourth-order valence-electron chi connectivity index (χ4n) is 3.09. The maximum absolute atomic E-state index is 9.90. The van der Waals surface area contributed by atoms with Crippen molar-refractivity contribution in [3.8, 4) is 0 Å². The van der Waals surface area contributed by atoms with Crippen LogP contribution >= 0.6 is 0 Å². The van der Waals surface area contributed by atoms with Crippen LogP contribution in [0.15, 0.2) is 0 Å². The SMILES string of the molecule is O=C[C@H](O)[C@@H](O)[C@H](O)[C@H](O)CO.O=C[C@H](O)[C@@H](O)[C@H](O)[C@H](O)CO.O=C[C@H](O)[C@@H](O)[C@H](O)[C@H](O)CO.O=C[C@H](O)[C@@H](O)[C@H](O)[C@H](O)CO.O=C[C@H](O)[C@@H](O)[C@H](O)[C@H](O)CO. The van der Waals surface area contributed by atoms with Crippen LogP contribution in [0.5, 0.6) is 0 Å². The van der Waals surface area contributed by atoms with Crippen LogP contribution in [0.4, 0.5) is 0 Å². The second-order valence-electron chi connectivity index (χ2n) is 11.8. The summed E-state index contributed by atoms with van der Waals surface area (Å²) in [5.74, 6) is 0. The van der Waals surface area contributed by atoms with Crippen molar-refractivity contribution in [1.29, 1.82) is 0 Å². The molecular weight excluding hydrogens is 840 g/mol. The van der Waals surface area contributed by atoms with E-state index >= 15 is 0 Å². The van der Waals surface area contributed by atoms with Gasteiger partial charge in [-0.3, -0.25) is 0 Å². The summed E-state index contributed by atoms with van der Waals surface area (Å²) in [6, 6.07) is 0. The molecule has 0 aliphatic heterocycles. The minimum absolute atomic E-state index is 0.0258. The molecule has 0 bridgehead atoms. The van der Waals surface area contributed by atoms with Crippen molar-refractivity contribution in [3.05, 3.63) is 0 Å². The summed E-state index contributed by atoms with van der Waals surface area (Å²) in [6.45, 7) is -3.80. The van der Waals surface area contributed by atoms with Gasteiger partial charge in [0.05, 0.1) is 33.0 Å². The smallest absolute Gasteiger partial charge is 0.151 e. The third kappa shape index (κ3) is 27.3. The Balaban J connectivity index is -0.000000210. The average Bonchev–Trinajstić information content (AvgIpc) is 3.28. The van der Waals surface area contributed by atoms with E-state index in [9.17, 15) is 24.0 Å². The van der Waals surface area contributed by atoms with Crippen molar-refractivity contribution in [2.45, 2.75) is 122 Å². The van der Waals surface area contributed by atoms with E-state index in [0.717, 1.165) is 0 Å². The molecule has 0 radical (unpaired) electrons. The van der Waals surface area contributed by atoms with Crippen LogP contribution in [0.1, 0.15) is 0 Å². The molecule has 0 spiro atoms. The number of hydrogen-bond acceptors (Lipinski definition) is 30. The summed E-state index contributed by atoms with van der Waals surface area (Å²) in [6.07, 6.45) is -34.2. The summed E-state index contributed by atoms with van der Waals surface area (Å²) in [7, 11) is 0. The van der Waals surface area contributed by atoms with Crippen LogP contribution < -0.4 is 0 Å². The first kappa shape index (κ1) is 66.4. The summed E-state index contributed by atoms with van der Waals surface area (Å²) in [5.41, 5.74) is 0. The van der Waals surface area contributed by atoms with E-state index in [0.29, 0.717) is 0 Å². The highest BCUT2D eigenvalue weighted by Gasteiger charge is 2.32. The van der Waals surface area contributed by atoms with Crippen LogP contribution in [-0.2, 0) is 24.0 Å². The Morgan fingerprint density at radius 3 is 0.383 bits per heavy atom. The zero-order valence-corrected chi connectivity index (χ0v) is 31.2. The minimum atomic E-state index is -1.79. The van der Waals surface area contributed by atoms with E-state index in [1.807, 2.05) is 0 Å². The molecule has 0 aromatic heterocycles. The van der Waals surface area contributed by atoms with Gasteiger partial charge in [0.2, 0.25) is 0 Å². The number of aliphatic hydroxyl groups excluding tert-OH is 25. The molecule has 0 aromatic carbocycles. The predicted octanol–water partition coefficient (Wildman–Crippen LogP) is -16.9. The summed E-state index contributed by atoms with van der Waals surface area (Å²) in [4.78, 5) is 49.5. The van der Waals surface area contributed by atoms with Crippen molar-refractivity contribution in [2.24, 2.45) is 0 Å². The van der Waals surface area contributed by atoms with Crippen molar-refractivity contribution in [1.82, 2.24) is 0 Å². The number of carbonyl (C=O) groups is 5. The molecule has 25 N–H and O–H groups in total. The number of hydrogen-bond donors (Lipinski definition) is 25. The number of aliphatic hydroxyl groups is 25. The lowest BCUT2D eigenvalue weighted by molar-refractivity contribution is -0.136. The maximum atomic E-state index is 9.90. The molecule has 0 aliphatic carbocycles. The Morgan fingerprint density at radius 2 is 0.317 bits per heavy atom. The van der Waals surface area contributed by atoms with Gasteiger partial charge in [-0.05, 0) is 0 Å². The highest BCUT2D eigenvalue weighted by atomic mass is 16.4. The molecule has 30 heteroatoms. The minimum Gasteiger partial charge on any atom is -0.394 e. The van der Waals surface area contributed by atoms with E-state index in [1.165, 1.54) is 0 Å². The molecule has 0 amide bonds. The van der Waals surface area contributed by atoms with Gasteiger partial charge in [-0.1, -0.05) is 0 Å². The van der Waals surface area contributed by atoms with E-state index in [-0.39, 0.29) is 31.4 Å². The largest absolute Gasteiger partial charge is 0.394 e. The standard InChI is InChI=1S/5C6H12O6/c5*7-1-3(9)5(11)6(12)4(10)2-8/h5*1,3-6,8-12H,2H2/t5*3-,4+,5+,6+/m00000/s1. The zero-order chi connectivity index (χ0) is 48.6. The molecule has 0 unspecified atom stereocenters. The van der Waals surface area contributed by atoms with E-state index < -0.39 is 155 Å². The summed E-state index contributed by atoms with van der Waals surface area (Å²) in [5, 5.41) is 218. The van der Waals surface area contributed by atoms with Crippen LogP contribution in [0.25, 0.3) is 0 Å². The van der Waals surface area contributed by atoms with Crippen molar-refractivity contribution >= 4 is 31.4 Å². The van der Waals surface area contributed by atoms with Gasteiger partial charge in [0.1, 0.15) is 122 Å². The Bertz CT molecular complexity index is 876. The molecule has 0 aliphatic rings. The molecule has 0 saturated carbocycles. The fourth-order valence-corrected chi connectivity index (χ4v) is 3.09. The van der Waals surface area contributed by atoms with Gasteiger partial charge in [-0.15, -0.1) is 0 Å². The monoisotopic (exact) mass is 900 g/mol. The van der Waals surface area contributed by atoms with Crippen molar-refractivity contribution < 1.29 is 152 Å². The van der Waals surface area contributed by atoms with Gasteiger partial charge < -0.3 is 152 Å². The third-order valence-corrected chi connectivity index (χ3v) is 7.10. The second-order valence-corrected chi connectivity index (χ2v) is 11.8. The molecule has 0 heterocycles. The van der Waals surface area contributed by atoms with Gasteiger partial charge in [-0.25, -0.2) is 0 Å². The fraction of sp³-hybridized carbons (Fsp3) is 0.833. The first-order valence-electron chi connectivity index (χ1n) is 16.6. The number of aldehydes is 5. The lowest BCUT2D eigenvalue weighted by Gasteiger charge is -2.22. The zero-order valence-electron chi connectivity index (χ0n) is 31.2. The average molecular weight is 901 g/mol. The lowest BCUT2D eigenvalue weighted by atomic mass is 10.0. The molecule has 0 saturated heterocycles. The molecule has 60 heavy (non-hydrogen) atoms. The molecule has 20 atom stereocenters. The third-order valence-electron chi connectivity index (χ3n) is 7.10. The molecule has 0 rings (SSSR count). The number of rotatable bonds is 25. The van der Waals surface area contributed by atoms with Gasteiger partial charge in [0, 0.05) is 0 Å². The van der Waals surface area contributed by atoms with Crippen LogP contribution in [0, 0.1) is 0 Å². The van der Waals surface area contributed by atoms with E-state index in [1.54, 1.807) is 0 Å². The van der Waals surface area contributed by atoms with Gasteiger partial charge >= 0.3 is 0 Å². The first-order valence-corrected chi connectivity index (χ1v) is 16.6. The second kappa shape index (κ2) is 38.1. The van der Waals surface area contributed by atoms with Crippen LogP contribution in [0.3, 0.4) is 0 Å². The van der Waals surface area contributed by atoms with Crippen LogP contribution in [-0.4, -0.2) is 314 Å².